The molecular formula is C20H20FNO4S. The molecule has 0 unspecified atom stereocenters. The SMILES string of the molecule is O=C(NC1(C(=O)O)CCSCC1)c1cccc(COc2cccc(F)c2)c1. The topological polar surface area (TPSA) is 75.6 Å². The monoisotopic (exact) mass is 389 g/mol. The summed E-state index contributed by atoms with van der Waals surface area (Å²) < 4.78 is 18.8. The van der Waals surface area contributed by atoms with Crippen LogP contribution in [0.15, 0.2) is 48.5 Å². The van der Waals surface area contributed by atoms with Crippen molar-refractivity contribution in [3.63, 3.8) is 0 Å². The van der Waals surface area contributed by atoms with Gasteiger partial charge in [0, 0.05) is 11.6 Å². The molecule has 3 rings (SSSR count). The summed E-state index contributed by atoms with van der Waals surface area (Å²) in [7, 11) is 0. The summed E-state index contributed by atoms with van der Waals surface area (Å²) in [6.07, 6.45) is 0.808. The Bertz CT molecular complexity index is 836. The van der Waals surface area contributed by atoms with Gasteiger partial charge in [0.1, 0.15) is 23.7 Å². The Morgan fingerprint density at radius 2 is 1.89 bits per heavy atom. The number of hydrogen-bond acceptors (Lipinski definition) is 4. The summed E-state index contributed by atoms with van der Waals surface area (Å²) in [6.45, 7) is 0.172. The number of halogens is 1. The fraction of sp³-hybridized carbons (Fsp3) is 0.300. The molecule has 1 saturated heterocycles. The first-order chi connectivity index (χ1) is 13.0. The highest BCUT2D eigenvalue weighted by atomic mass is 32.2. The van der Waals surface area contributed by atoms with E-state index in [0.29, 0.717) is 35.7 Å². The molecule has 0 aliphatic carbocycles. The van der Waals surface area contributed by atoms with Gasteiger partial charge in [-0.2, -0.15) is 11.8 Å². The van der Waals surface area contributed by atoms with E-state index >= 15 is 0 Å². The van der Waals surface area contributed by atoms with Crippen molar-refractivity contribution in [2.75, 3.05) is 11.5 Å². The maximum absolute atomic E-state index is 13.2. The van der Waals surface area contributed by atoms with Crippen LogP contribution in [0.1, 0.15) is 28.8 Å². The molecule has 0 bridgehead atoms. The van der Waals surface area contributed by atoms with E-state index in [1.54, 1.807) is 48.2 Å². The number of carbonyl (C=O) groups is 2. The quantitative estimate of drug-likeness (QED) is 0.791. The lowest BCUT2D eigenvalue weighted by Gasteiger charge is -2.33. The molecule has 1 aliphatic rings. The second-order valence-corrected chi connectivity index (χ2v) is 7.62. The molecule has 142 valence electrons. The molecule has 0 radical (unpaired) electrons. The van der Waals surface area contributed by atoms with Crippen LogP contribution < -0.4 is 10.1 Å². The number of carboxylic acid groups (broad SMARTS) is 1. The number of hydrogen-bond donors (Lipinski definition) is 2. The Morgan fingerprint density at radius 3 is 2.59 bits per heavy atom. The molecule has 0 saturated carbocycles. The molecule has 7 heteroatoms. The standard InChI is InChI=1S/C20H20FNO4S/c21-16-5-2-6-17(12-16)26-13-14-3-1-4-15(11-14)18(23)22-20(19(24)25)7-9-27-10-8-20/h1-6,11-12H,7-10,13H2,(H,22,23)(H,24,25). The third-order valence-electron chi connectivity index (χ3n) is 4.50. The van der Waals surface area contributed by atoms with Crippen molar-refractivity contribution in [2.45, 2.75) is 25.0 Å². The van der Waals surface area contributed by atoms with E-state index in [1.165, 1.54) is 12.1 Å². The maximum atomic E-state index is 13.2. The van der Waals surface area contributed by atoms with Crippen molar-refractivity contribution in [1.82, 2.24) is 5.32 Å². The zero-order valence-corrected chi connectivity index (χ0v) is 15.4. The second kappa shape index (κ2) is 8.43. The summed E-state index contributed by atoms with van der Waals surface area (Å²) in [5, 5.41) is 12.3. The molecule has 0 atom stereocenters. The minimum Gasteiger partial charge on any atom is -0.489 e. The number of rotatable bonds is 6. The van der Waals surface area contributed by atoms with Crippen LogP contribution in [0.5, 0.6) is 5.75 Å². The van der Waals surface area contributed by atoms with Crippen molar-refractivity contribution in [2.24, 2.45) is 0 Å². The summed E-state index contributed by atoms with van der Waals surface area (Å²) in [5.41, 5.74) is -0.110. The van der Waals surface area contributed by atoms with Crippen LogP contribution in [0, 0.1) is 5.82 Å². The van der Waals surface area contributed by atoms with Crippen LogP contribution in [0.25, 0.3) is 0 Å². The van der Waals surface area contributed by atoms with E-state index in [2.05, 4.69) is 5.32 Å². The van der Waals surface area contributed by atoms with Crippen LogP contribution in [-0.4, -0.2) is 34.0 Å². The van der Waals surface area contributed by atoms with E-state index in [1.807, 2.05) is 0 Å². The van der Waals surface area contributed by atoms with Gasteiger partial charge in [0.05, 0.1) is 0 Å². The zero-order chi connectivity index (χ0) is 19.3. The van der Waals surface area contributed by atoms with Gasteiger partial charge >= 0.3 is 5.97 Å². The molecule has 1 aliphatic heterocycles. The number of thioether (sulfide) groups is 1. The molecule has 2 N–H and O–H groups in total. The van der Waals surface area contributed by atoms with Crippen molar-refractivity contribution in [1.29, 1.82) is 0 Å². The van der Waals surface area contributed by atoms with E-state index in [4.69, 9.17) is 4.74 Å². The van der Waals surface area contributed by atoms with E-state index in [-0.39, 0.29) is 12.4 Å². The Morgan fingerprint density at radius 1 is 1.15 bits per heavy atom. The van der Waals surface area contributed by atoms with Crippen molar-refractivity contribution >= 4 is 23.6 Å². The predicted octanol–water partition coefficient (Wildman–Crippen LogP) is 3.48. The number of amides is 1. The lowest BCUT2D eigenvalue weighted by Crippen LogP contribution is -2.56. The molecule has 27 heavy (non-hydrogen) atoms. The van der Waals surface area contributed by atoms with Gasteiger partial charge in [-0.25, -0.2) is 9.18 Å². The summed E-state index contributed by atoms with van der Waals surface area (Å²) in [5.74, 6) is 0.000580. The van der Waals surface area contributed by atoms with Crippen LogP contribution in [-0.2, 0) is 11.4 Å². The van der Waals surface area contributed by atoms with Gasteiger partial charge in [-0.3, -0.25) is 4.79 Å². The van der Waals surface area contributed by atoms with Gasteiger partial charge in [0.15, 0.2) is 0 Å². The highest BCUT2D eigenvalue weighted by Crippen LogP contribution is 2.28. The fourth-order valence-corrected chi connectivity index (χ4v) is 4.12. The predicted molar refractivity (Wildman–Crippen MR) is 102 cm³/mol. The molecule has 0 aromatic heterocycles. The Hall–Kier alpha value is -2.54. The molecule has 0 spiro atoms. The van der Waals surface area contributed by atoms with Crippen LogP contribution in [0.3, 0.4) is 0 Å². The third-order valence-corrected chi connectivity index (χ3v) is 5.48. The molecular weight excluding hydrogens is 369 g/mol. The molecule has 5 nitrogen and oxygen atoms in total. The first-order valence-corrected chi connectivity index (χ1v) is 9.75. The Labute approximate surface area is 160 Å². The largest absolute Gasteiger partial charge is 0.489 e. The zero-order valence-electron chi connectivity index (χ0n) is 14.6. The van der Waals surface area contributed by atoms with E-state index in [0.717, 1.165) is 5.56 Å². The fourth-order valence-electron chi connectivity index (χ4n) is 2.93. The molecule has 2 aromatic carbocycles. The van der Waals surface area contributed by atoms with Crippen molar-refractivity contribution in [3.8, 4) is 5.75 Å². The second-order valence-electron chi connectivity index (χ2n) is 6.40. The molecule has 1 fully saturated rings. The first kappa shape index (κ1) is 19.2. The number of nitrogens with one attached hydrogen (secondary N) is 1. The Balaban J connectivity index is 1.68. The normalized spacial score (nSPS) is 15.7. The number of carbonyl (C=O) groups excluding carboxylic acids is 1. The van der Waals surface area contributed by atoms with Crippen LogP contribution >= 0.6 is 11.8 Å². The van der Waals surface area contributed by atoms with Gasteiger partial charge in [0.2, 0.25) is 0 Å². The van der Waals surface area contributed by atoms with Crippen LogP contribution in [0.2, 0.25) is 0 Å². The smallest absolute Gasteiger partial charge is 0.329 e. The van der Waals surface area contributed by atoms with Crippen molar-refractivity contribution < 1.29 is 23.8 Å². The van der Waals surface area contributed by atoms with E-state index < -0.39 is 17.4 Å². The lowest BCUT2D eigenvalue weighted by molar-refractivity contribution is -0.144. The van der Waals surface area contributed by atoms with Gasteiger partial charge in [-0.05, 0) is 54.2 Å². The average Bonchev–Trinajstić information content (AvgIpc) is 2.67. The van der Waals surface area contributed by atoms with Gasteiger partial charge < -0.3 is 15.2 Å². The number of ether oxygens (including phenoxy) is 1. The maximum Gasteiger partial charge on any atom is 0.329 e. The average molecular weight is 389 g/mol. The minimum absolute atomic E-state index is 0.172. The Kier molecular flexibility index (Phi) is 6.01. The third kappa shape index (κ3) is 4.80. The molecule has 2 aromatic rings. The highest BCUT2D eigenvalue weighted by Gasteiger charge is 2.41. The number of aliphatic carboxylic acids is 1. The molecule has 1 heterocycles. The summed E-state index contributed by atoms with van der Waals surface area (Å²) >= 11 is 1.69. The minimum atomic E-state index is -1.21. The lowest BCUT2D eigenvalue weighted by atomic mass is 9.91. The van der Waals surface area contributed by atoms with Gasteiger partial charge in [-0.15, -0.1) is 0 Å². The number of benzene rings is 2. The van der Waals surface area contributed by atoms with Gasteiger partial charge in [0.25, 0.3) is 5.91 Å². The van der Waals surface area contributed by atoms with E-state index in [9.17, 15) is 19.1 Å². The molecule has 1 amide bonds. The number of carboxylic acids is 1. The highest BCUT2D eigenvalue weighted by molar-refractivity contribution is 7.99. The summed E-state index contributed by atoms with van der Waals surface area (Å²) in [4.78, 5) is 24.3. The first-order valence-electron chi connectivity index (χ1n) is 8.59. The summed E-state index contributed by atoms with van der Waals surface area (Å²) in [6, 6.07) is 12.6. The van der Waals surface area contributed by atoms with Gasteiger partial charge in [-0.1, -0.05) is 18.2 Å². The van der Waals surface area contributed by atoms with Crippen molar-refractivity contribution in [3.05, 3.63) is 65.5 Å². The van der Waals surface area contributed by atoms with Crippen LogP contribution in [0.4, 0.5) is 4.39 Å².